The molecule has 2 aromatic rings. The van der Waals surface area contributed by atoms with Gasteiger partial charge in [0.1, 0.15) is 5.82 Å². The summed E-state index contributed by atoms with van der Waals surface area (Å²) in [5, 5.41) is 8.70. The molecular weight excluding hydrogens is 249 g/mol. The summed E-state index contributed by atoms with van der Waals surface area (Å²) in [5.41, 5.74) is 3.58. The smallest absolute Gasteiger partial charge is 0.147 e. The molecule has 0 aliphatic carbocycles. The molecule has 1 aromatic carbocycles. The fourth-order valence-corrected chi connectivity index (χ4v) is 2.49. The van der Waals surface area contributed by atoms with Gasteiger partial charge < -0.3 is 4.90 Å². The van der Waals surface area contributed by atoms with E-state index >= 15 is 0 Å². The van der Waals surface area contributed by atoms with Crippen LogP contribution in [0.25, 0.3) is 0 Å². The molecule has 0 fully saturated rings. The molecule has 0 spiro atoms. The molecule has 2 rings (SSSR count). The fourth-order valence-electron chi connectivity index (χ4n) is 1.66. The van der Waals surface area contributed by atoms with Crippen LogP contribution in [0.5, 0.6) is 0 Å². The van der Waals surface area contributed by atoms with E-state index in [4.69, 9.17) is 5.26 Å². The Labute approximate surface area is 109 Å². The molecule has 0 saturated heterocycles. The maximum Gasteiger partial charge on any atom is 0.147 e. The van der Waals surface area contributed by atoms with E-state index in [9.17, 15) is 4.39 Å². The summed E-state index contributed by atoms with van der Waals surface area (Å²) in [6.07, 6.45) is 0. The molecule has 1 aromatic heterocycles. The van der Waals surface area contributed by atoms with E-state index in [-0.39, 0.29) is 5.82 Å². The number of hydrogen-bond donors (Lipinski definition) is 0. The van der Waals surface area contributed by atoms with Crippen LogP contribution in [0.1, 0.15) is 16.1 Å². The topological polar surface area (TPSA) is 39.9 Å². The van der Waals surface area contributed by atoms with E-state index < -0.39 is 0 Å². The predicted octanol–water partition coefficient (Wildman–Crippen LogP) is 3.10. The lowest BCUT2D eigenvalue weighted by Gasteiger charge is -2.19. The number of hydrogen-bond acceptors (Lipinski definition) is 4. The van der Waals surface area contributed by atoms with Crippen molar-refractivity contribution in [2.75, 3.05) is 11.9 Å². The third-order valence-corrected chi connectivity index (χ3v) is 3.63. The minimum Gasteiger partial charge on any atom is -0.367 e. The molecule has 0 aliphatic heterocycles. The number of rotatable bonds is 3. The Balaban J connectivity index is 2.22. The zero-order valence-corrected chi connectivity index (χ0v) is 11.0. The first kappa shape index (κ1) is 12.5. The Morgan fingerprint density at radius 2 is 2.28 bits per heavy atom. The van der Waals surface area contributed by atoms with Crippen LogP contribution >= 0.6 is 11.3 Å². The van der Waals surface area contributed by atoms with Gasteiger partial charge in [0.25, 0.3) is 0 Å². The summed E-state index contributed by atoms with van der Waals surface area (Å²) in [4.78, 5) is 7.10. The molecule has 5 heteroatoms. The number of nitrogens with zero attached hydrogens (tertiary/aromatic N) is 3. The molecule has 0 bridgehead atoms. The van der Waals surface area contributed by atoms with Gasteiger partial charge >= 0.3 is 0 Å². The van der Waals surface area contributed by atoms with Crippen molar-refractivity contribution in [3.05, 3.63) is 45.7 Å². The lowest BCUT2D eigenvalue weighted by molar-refractivity contribution is 0.622. The van der Waals surface area contributed by atoms with Crippen molar-refractivity contribution in [2.24, 2.45) is 0 Å². The Morgan fingerprint density at radius 1 is 1.50 bits per heavy atom. The zero-order valence-electron chi connectivity index (χ0n) is 10.1. The van der Waals surface area contributed by atoms with Crippen molar-refractivity contribution in [3.63, 3.8) is 0 Å². The Bertz CT molecular complexity index is 601. The number of aromatic nitrogens is 1. The molecule has 0 amide bonds. The quantitative estimate of drug-likeness (QED) is 0.852. The molecule has 1 heterocycles. The van der Waals surface area contributed by atoms with Gasteiger partial charge in [-0.15, -0.1) is 11.3 Å². The number of halogens is 1. The van der Waals surface area contributed by atoms with Crippen LogP contribution < -0.4 is 4.90 Å². The number of thiazole rings is 1. The maximum atomic E-state index is 13.8. The average Bonchev–Trinajstić information content (AvgIpc) is 2.74. The monoisotopic (exact) mass is 261 g/mol. The molecular formula is C13H12FN3S. The minimum atomic E-state index is -0.376. The third kappa shape index (κ3) is 2.49. The standard InChI is InChI=1S/C13H12FN3S/c1-9-13(18-8-16-9)7-17(2)12-4-3-10(6-15)5-11(12)14/h3-5,8H,7H2,1-2H3. The van der Waals surface area contributed by atoms with Crippen LogP contribution in [-0.4, -0.2) is 12.0 Å². The number of anilines is 1. The van der Waals surface area contributed by atoms with Crippen LogP contribution in [-0.2, 0) is 6.54 Å². The van der Waals surface area contributed by atoms with Crippen LogP contribution in [0.4, 0.5) is 10.1 Å². The Morgan fingerprint density at radius 3 is 2.83 bits per heavy atom. The van der Waals surface area contributed by atoms with Crippen molar-refractivity contribution < 1.29 is 4.39 Å². The van der Waals surface area contributed by atoms with Gasteiger partial charge in [0, 0.05) is 11.9 Å². The van der Waals surface area contributed by atoms with Gasteiger partial charge in [-0.1, -0.05) is 0 Å². The molecule has 0 radical (unpaired) electrons. The van der Waals surface area contributed by atoms with Crippen molar-refractivity contribution in [3.8, 4) is 6.07 Å². The number of benzene rings is 1. The summed E-state index contributed by atoms with van der Waals surface area (Å²) in [5.74, 6) is -0.376. The predicted molar refractivity (Wildman–Crippen MR) is 70.1 cm³/mol. The van der Waals surface area contributed by atoms with Gasteiger partial charge in [0.15, 0.2) is 0 Å². The summed E-state index contributed by atoms with van der Waals surface area (Å²) < 4.78 is 13.8. The highest BCUT2D eigenvalue weighted by Gasteiger charge is 2.11. The van der Waals surface area contributed by atoms with Gasteiger partial charge in [-0.2, -0.15) is 5.26 Å². The number of aryl methyl sites for hydroxylation is 1. The second kappa shape index (κ2) is 5.15. The number of nitriles is 1. The van der Waals surface area contributed by atoms with Gasteiger partial charge in [-0.25, -0.2) is 9.37 Å². The first-order chi connectivity index (χ1) is 8.61. The van der Waals surface area contributed by atoms with Crippen LogP contribution in [0.2, 0.25) is 0 Å². The Kier molecular flexibility index (Phi) is 3.58. The van der Waals surface area contributed by atoms with Crippen molar-refractivity contribution in [1.29, 1.82) is 5.26 Å². The first-order valence-electron chi connectivity index (χ1n) is 5.41. The lowest BCUT2D eigenvalue weighted by atomic mass is 10.2. The van der Waals surface area contributed by atoms with E-state index in [1.807, 2.05) is 24.9 Å². The van der Waals surface area contributed by atoms with E-state index in [0.717, 1.165) is 10.6 Å². The van der Waals surface area contributed by atoms with Crippen LogP contribution in [0.3, 0.4) is 0 Å². The molecule has 0 saturated carbocycles. The second-order valence-electron chi connectivity index (χ2n) is 4.00. The Hall–Kier alpha value is -1.93. The van der Waals surface area contributed by atoms with Gasteiger partial charge in [0.05, 0.1) is 35.1 Å². The van der Waals surface area contributed by atoms with E-state index in [0.29, 0.717) is 17.8 Å². The summed E-state index contributed by atoms with van der Waals surface area (Å²) in [6.45, 7) is 2.55. The summed E-state index contributed by atoms with van der Waals surface area (Å²) >= 11 is 1.56. The molecule has 0 aliphatic rings. The highest BCUT2D eigenvalue weighted by molar-refractivity contribution is 7.09. The van der Waals surface area contributed by atoms with E-state index in [2.05, 4.69) is 4.98 Å². The minimum absolute atomic E-state index is 0.332. The third-order valence-electron chi connectivity index (χ3n) is 2.71. The SMILES string of the molecule is Cc1ncsc1CN(C)c1ccc(C#N)cc1F. The highest BCUT2D eigenvalue weighted by atomic mass is 32.1. The second-order valence-corrected chi connectivity index (χ2v) is 4.93. The summed E-state index contributed by atoms with van der Waals surface area (Å²) in [7, 11) is 1.82. The normalized spacial score (nSPS) is 10.1. The molecule has 92 valence electrons. The highest BCUT2D eigenvalue weighted by Crippen LogP contribution is 2.23. The maximum absolute atomic E-state index is 13.8. The van der Waals surface area contributed by atoms with Crippen LogP contribution in [0, 0.1) is 24.1 Å². The summed E-state index contributed by atoms with van der Waals surface area (Å²) in [6, 6.07) is 6.43. The zero-order chi connectivity index (χ0) is 13.1. The molecule has 0 N–H and O–H groups in total. The van der Waals surface area contributed by atoms with Crippen molar-refractivity contribution in [1.82, 2.24) is 4.98 Å². The van der Waals surface area contributed by atoms with Gasteiger partial charge in [-0.3, -0.25) is 0 Å². The first-order valence-corrected chi connectivity index (χ1v) is 6.29. The van der Waals surface area contributed by atoms with E-state index in [1.54, 1.807) is 29.0 Å². The molecule has 0 unspecified atom stereocenters. The molecule has 18 heavy (non-hydrogen) atoms. The fraction of sp³-hybridized carbons (Fsp3) is 0.231. The molecule has 0 atom stereocenters. The van der Waals surface area contributed by atoms with Crippen molar-refractivity contribution >= 4 is 17.0 Å². The van der Waals surface area contributed by atoms with E-state index in [1.165, 1.54) is 6.07 Å². The molecule has 3 nitrogen and oxygen atoms in total. The van der Waals surface area contributed by atoms with Gasteiger partial charge in [0.2, 0.25) is 0 Å². The van der Waals surface area contributed by atoms with Gasteiger partial charge in [-0.05, 0) is 25.1 Å². The largest absolute Gasteiger partial charge is 0.367 e. The van der Waals surface area contributed by atoms with Crippen molar-refractivity contribution in [2.45, 2.75) is 13.5 Å². The lowest BCUT2D eigenvalue weighted by Crippen LogP contribution is -2.17. The van der Waals surface area contributed by atoms with Crippen LogP contribution in [0.15, 0.2) is 23.7 Å². The average molecular weight is 261 g/mol.